The van der Waals surface area contributed by atoms with Gasteiger partial charge in [0.05, 0.1) is 31.9 Å². The summed E-state index contributed by atoms with van der Waals surface area (Å²) in [5, 5.41) is 16.7. The van der Waals surface area contributed by atoms with E-state index in [-0.39, 0.29) is 5.91 Å². The predicted octanol–water partition coefficient (Wildman–Crippen LogP) is -0.166. The lowest BCUT2D eigenvalue weighted by atomic mass is 9.94. The van der Waals surface area contributed by atoms with Crippen molar-refractivity contribution in [3.63, 3.8) is 0 Å². The number of nitrogens with one attached hydrogen (secondary N) is 2. The van der Waals surface area contributed by atoms with Gasteiger partial charge in [-0.1, -0.05) is 6.07 Å². The number of urea groups is 1. The molecule has 3 N–H and O–H groups in total. The maximum Gasteiger partial charge on any atom is 0.319 e. The zero-order valence-corrected chi connectivity index (χ0v) is 17.1. The molecule has 5 atom stereocenters. The van der Waals surface area contributed by atoms with E-state index in [1.807, 2.05) is 0 Å². The van der Waals surface area contributed by atoms with Crippen LogP contribution in [-0.4, -0.2) is 97.3 Å². The van der Waals surface area contributed by atoms with Crippen LogP contribution in [0.1, 0.15) is 6.92 Å². The molecule has 3 aliphatic rings. The summed E-state index contributed by atoms with van der Waals surface area (Å²) < 4.78 is 16.9. The van der Waals surface area contributed by atoms with Crippen molar-refractivity contribution in [3.8, 4) is 5.75 Å². The first kappa shape index (κ1) is 20.9. The van der Waals surface area contributed by atoms with Gasteiger partial charge < -0.3 is 34.9 Å². The lowest BCUT2D eigenvalue weighted by molar-refractivity contribution is -0.185. The quantitative estimate of drug-likeness (QED) is 0.620. The Hall–Kier alpha value is -2.40. The summed E-state index contributed by atoms with van der Waals surface area (Å²) in [6.45, 7) is 4.25. The molecule has 30 heavy (non-hydrogen) atoms. The first-order valence-electron chi connectivity index (χ1n) is 10.1. The Morgan fingerprint density at radius 3 is 2.70 bits per heavy atom. The highest BCUT2D eigenvalue weighted by atomic mass is 16.7. The van der Waals surface area contributed by atoms with Gasteiger partial charge in [0.1, 0.15) is 11.9 Å². The van der Waals surface area contributed by atoms with Gasteiger partial charge >= 0.3 is 6.03 Å². The molecule has 0 saturated carbocycles. The summed E-state index contributed by atoms with van der Waals surface area (Å²) >= 11 is 0. The fourth-order valence-corrected chi connectivity index (χ4v) is 4.32. The molecule has 2 bridgehead atoms. The highest BCUT2D eigenvalue weighted by molar-refractivity contribution is 5.89. The van der Waals surface area contributed by atoms with Gasteiger partial charge in [0.2, 0.25) is 5.91 Å². The number of fused-ring (bicyclic) bond motifs is 2. The van der Waals surface area contributed by atoms with Crippen LogP contribution in [-0.2, 0) is 14.3 Å². The number of aliphatic hydroxyl groups is 1. The number of carbonyl (C=O) groups is 2. The van der Waals surface area contributed by atoms with Gasteiger partial charge in [-0.3, -0.25) is 9.69 Å². The Morgan fingerprint density at radius 2 is 2.00 bits per heavy atom. The average Bonchev–Trinajstić information content (AvgIpc) is 3.17. The summed E-state index contributed by atoms with van der Waals surface area (Å²) in [5.74, 6) is 0.673. The first-order valence-corrected chi connectivity index (χ1v) is 10.1. The number of anilines is 1. The molecular weight excluding hydrogens is 392 g/mol. The lowest BCUT2D eigenvalue weighted by Crippen LogP contribution is -2.67. The van der Waals surface area contributed by atoms with Gasteiger partial charge in [0.25, 0.3) is 0 Å². The average molecular weight is 420 g/mol. The van der Waals surface area contributed by atoms with Crippen molar-refractivity contribution in [3.05, 3.63) is 24.3 Å². The number of hydrogen-bond acceptors (Lipinski definition) is 7. The maximum absolute atomic E-state index is 12.6. The predicted molar refractivity (Wildman–Crippen MR) is 107 cm³/mol. The van der Waals surface area contributed by atoms with Crippen molar-refractivity contribution in [2.45, 2.75) is 37.5 Å². The molecule has 0 unspecified atom stereocenters. The van der Waals surface area contributed by atoms with E-state index in [1.165, 1.54) is 0 Å². The second-order valence-corrected chi connectivity index (χ2v) is 7.76. The number of piperazine rings is 1. The summed E-state index contributed by atoms with van der Waals surface area (Å²) in [6, 6.07) is 5.54. The lowest BCUT2D eigenvalue weighted by Gasteiger charge is -2.46. The number of benzene rings is 1. The minimum atomic E-state index is -0.865. The maximum atomic E-state index is 12.6. The van der Waals surface area contributed by atoms with E-state index < -0.39 is 36.6 Å². The number of aliphatic hydroxyl groups excluding tert-OH is 1. The summed E-state index contributed by atoms with van der Waals surface area (Å²) in [6.07, 6.45) is -1.83. The molecule has 10 nitrogen and oxygen atoms in total. The van der Waals surface area contributed by atoms with Crippen LogP contribution in [0.25, 0.3) is 0 Å². The third kappa shape index (κ3) is 4.22. The second-order valence-electron chi connectivity index (χ2n) is 7.76. The standard InChI is InChI=1S/C20H28N4O6/c1-12(25)23-6-8-24(9-7-23)17-18(26)16(15-11-29-19(17)30-15)22-20(27)21-13-4-3-5-14(10-13)28-2/h3-5,10,15-19,26H,6-9,11H2,1-2H3,(H2,21,22,27)/t15-,16-,17-,18+,19-/m1/s1. The highest BCUT2D eigenvalue weighted by Gasteiger charge is 2.53. The molecule has 3 amide bonds. The zero-order chi connectivity index (χ0) is 21.3. The summed E-state index contributed by atoms with van der Waals surface area (Å²) in [5.41, 5.74) is 0.579. The molecule has 3 fully saturated rings. The molecule has 1 aromatic carbocycles. The Kier molecular flexibility index (Phi) is 6.09. The van der Waals surface area contributed by atoms with Crippen LogP contribution in [0.2, 0.25) is 0 Å². The van der Waals surface area contributed by atoms with Crippen molar-refractivity contribution >= 4 is 17.6 Å². The normalized spacial score (nSPS) is 31.3. The van der Waals surface area contributed by atoms with Crippen LogP contribution in [0.3, 0.4) is 0 Å². The summed E-state index contributed by atoms with van der Waals surface area (Å²) in [7, 11) is 1.56. The molecule has 3 heterocycles. The molecule has 3 aliphatic heterocycles. The fraction of sp³-hybridized carbons (Fsp3) is 0.600. The minimum Gasteiger partial charge on any atom is -0.497 e. The van der Waals surface area contributed by atoms with Gasteiger partial charge in [0.15, 0.2) is 6.29 Å². The number of amides is 3. The van der Waals surface area contributed by atoms with E-state index in [4.69, 9.17) is 14.2 Å². The molecule has 0 aliphatic carbocycles. The van der Waals surface area contributed by atoms with Crippen LogP contribution in [0.15, 0.2) is 24.3 Å². The van der Waals surface area contributed by atoms with Crippen LogP contribution in [0, 0.1) is 0 Å². The van der Waals surface area contributed by atoms with Gasteiger partial charge in [-0.25, -0.2) is 4.79 Å². The van der Waals surface area contributed by atoms with E-state index in [2.05, 4.69) is 15.5 Å². The van der Waals surface area contributed by atoms with E-state index in [9.17, 15) is 14.7 Å². The Morgan fingerprint density at radius 1 is 1.23 bits per heavy atom. The first-order chi connectivity index (χ1) is 14.5. The topological polar surface area (TPSA) is 113 Å². The van der Waals surface area contributed by atoms with E-state index in [1.54, 1.807) is 43.2 Å². The molecular formula is C20H28N4O6. The molecule has 10 heteroatoms. The molecule has 0 radical (unpaired) electrons. The molecule has 0 spiro atoms. The van der Waals surface area contributed by atoms with Crippen molar-refractivity contribution in [2.24, 2.45) is 0 Å². The van der Waals surface area contributed by atoms with E-state index in [0.29, 0.717) is 44.2 Å². The number of hydrogen-bond donors (Lipinski definition) is 3. The number of ether oxygens (including phenoxy) is 3. The number of methoxy groups -OCH3 is 1. The molecule has 1 aromatic rings. The van der Waals surface area contributed by atoms with Gasteiger partial charge in [-0.2, -0.15) is 0 Å². The largest absolute Gasteiger partial charge is 0.497 e. The SMILES string of the molecule is COc1cccc(NC(=O)N[C@H]2[C@H](O)[C@@H](N3CCN(C(C)=O)CC3)[C@@H]3OC[C@H]2O3)c1. The van der Waals surface area contributed by atoms with Crippen LogP contribution in [0.4, 0.5) is 10.5 Å². The zero-order valence-electron chi connectivity index (χ0n) is 17.1. The minimum absolute atomic E-state index is 0.0426. The highest BCUT2D eigenvalue weighted by Crippen LogP contribution is 2.32. The molecule has 0 aromatic heterocycles. The number of carbonyl (C=O) groups excluding carboxylic acids is 2. The Bertz CT molecular complexity index is 784. The van der Waals surface area contributed by atoms with Gasteiger partial charge in [0, 0.05) is 44.9 Å². The number of rotatable bonds is 4. The van der Waals surface area contributed by atoms with Crippen molar-refractivity contribution in [2.75, 3.05) is 45.2 Å². The van der Waals surface area contributed by atoms with Crippen molar-refractivity contribution < 1.29 is 28.9 Å². The van der Waals surface area contributed by atoms with E-state index >= 15 is 0 Å². The number of nitrogens with zero attached hydrogens (tertiary/aromatic N) is 2. The van der Waals surface area contributed by atoms with Crippen molar-refractivity contribution in [1.29, 1.82) is 0 Å². The van der Waals surface area contributed by atoms with Crippen LogP contribution in [0.5, 0.6) is 5.75 Å². The Labute approximate surface area is 175 Å². The monoisotopic (exact) mass is 420 g/mol. The molecule has 3 saturated heterocycles. The van der Waals surface area contributed by atoms with Crippen molar-refractivity contribution in [1.82, 2.24) is 15.1 Å². The fourth-order valence-electron chi connectivity index (χ4n) is 4.32. The molecule has 164 valence electrons. The third-order valence-corrected chi connectivity index (χ3v) is 5.94. The van der Waals surface area contributed by atoms with Crippen LogP contribution >= 0.6 is 0 Å². The van der Waals surface area contributed by atoms with Gasteiger partial charge in [-0.05, 0) is 12.1 Å². The van der Waals surface area contributed by atoms with Gasteiger partial charge in [-0.15, -0.1) is 0 Å². The third-order valence-electron chi connectivity index (χ3n) is 5.94. The second kappa shape index (κ2) is 8.76. The summed E-state index contributed by atoms with van der Waals surface area (Å²) in [4.78, 5) is 28.0. The van der Waals surface area contributed by atoms with E-state index in [0.717, 1.165) is 0 Å². The molecule has 4 rings (SSSR count). The smallest absolute Gasteiger partial charge is 0.319 e. The Balaban J connectivity index is 1.41. The van der Waals surface area contributed by atoms with Crippen LogP contribution < -0.4 is 15.4 Å².